The first-order valence-corrected chi connectivity index (χ1v) is 9.42. The summed E-state index contributed by atoms with van der Waals surface area (Å²) in [6.07, 6.45) is 0.604. The predicted octanol–water partition coefficient (Wildman–Crippen LogP) is 4.86. The second-order valence-corrected chi connectivity index (χ2v) is 7.38. The predicted molar refractivity (Wildman–Crippen MR) is 109 cm³/mol. The highest BCUT2D eigenvalue weighted by atomic mass is 35.5. The SMILES string of the molecule is COc1ccc(C(=O)Nc2nc(C)c(Cc3ccccc3Cl)s2)cc1[N+](=O)[O-]. The molecule has 144 valence electrons. The van der Waals surface area contributed by atoms with Crippen LogP contribution < -0.4 is 10.1 Å². The van der Waals surface area contributed by atoms with Gasteiger partial charge in [-0.1, -0.05) is 29.8 Å². The summed E-state index contributed by atoms with van der Waals surface area (Å²) in [5.74, 6) is -0.391. The molecule has 3 aromatic rings. The molecule has 3 rings (SSSR count). The van der Waals surface area contributed by atoms with E-state index in [0.29, 0.717) is 16.6 Å². The first kappa shape index (κ1) is 19.8. The van der Waals surface area contributed by atoms with E-state index in [2.05, 4.69) is 10.3 Å². The van der Waals surface area contributed by atoms with Crippen LogP contribution in [0.4, 0.5) is 10.8 Å². The topological polar surface area (TPSA) is 94.4 Å². The number of aromatic nitrogens is 1. The third kappa shape index (κ3) is 4.29. The number of methoxy groups -OCH3 is 1. The standard InChI is InChI=1S/C19H16ClN3O4S/c1-11-17(10-12-5-3-4-6-14(12)20)28-19(21-11)22-18(24)13-7-8-16(27-2)15(9-13)23(25)26/h3-9H,10H2,1-2H3,(H,21,22,24). The third-order valence-electron chi connectivity index (χ3n) is 4.06. The summed E-state index contributed by atoms with van der Waals surface area (Å²) < 4.78 is 4.95. The van der Waals surface area contributed by atoms with E-state index in [1.807, 2.05) is 31.2 Å². The Hall–Kier alpha value is -2.97. The van der Waals surface area contributed by atoms with Gasteiger partial charge in [0.05, 0.1) is 17.7 Å². The fourth-order valence-electron chi connectivity index (χ4n) is 2.60. The Morgan fingerprint density at radius 2 is 2.07 bits per heavy atom. The van der Waals surface area contributed by atoms with Gasteiger partial charge in [-0.15, -0.1) is 11.3 Å². The van der Waals surface area contributed by atoms with Gasteiger partial charge in [-0.05, 0) is 30.7 Å². The average molecular weight is 418 g/mol. The summed E-state index contributed by atoms with van der Waals surface area (Å²) in [5.41, 5.74) is 1.64. The lowest BCUT2D eigenvalue weighted by atomic mass is 10.1. The van der Waals surface area contributed by atoms with Gasteiger partial charge in [0.15, 0.2) is 10.9 Å². The minimum Gasteiger partial charge on any atom is -0.490 e. The van der Waals surface area contributed by atoms with E-state index in [1.54, 1.807) is 0 Å². The highest BCUT2D eigenvalue weighted by molar-refractivity contribution is 7.15. The number of nitrogens with zero attached hydrogens (tertiary/aromatic N) is 2. The zero-order valence-corrected chi connectivity index (χ0v) is 16.6. The first-order chi connectivity index (χ1) is 13.4. The molecule has 1 amide bonds. The van der Waals surface area contributed by atoms with Gasteiger partial charge in [-0.2, -0.15) is 0 Å². The zero-order chi connectivity index (χ0) is 20.3. The number of nitro groups is 1. The van der Waals surface area contributed by atoms with E-state index in [1.165, 1.54) is 36.6 Å². The summed E-state index contributed by atoms with van der Waals surface area (Å²) in [6.45, 7) is 1.86. The normalized spacial score (nSPS) is 10.5. The number of ether oxygens (including phenoxy) is 1. The molecule has 0 radical (unpaired) electrons. The monoisotopic (exact) mass is 417 g/mol. The molecule has 0 saturated carbocycles. The first-order valence-electron chi connectivity index (χ1n) is 8.22. The summed E-state index contributed by atoms with van der Waals surface area (Å²) in [5, 5.41) is 14.9. The second kappa shape index (κ2) is 8.37. The van der Waals surface area contributed by atoms with Crippen molar-refractivity contribution in [1.82, 2.24) is 4.98 Å². The number of rotatable bonds is 6. The van der Waals surface area contributed by atoms with Crippen molar-refractivity contribution in [2.75, 3.05) is 12.4 Å². The summed E-state index contributed by atoms with van der Waals surface area (Å²) in [7, 11) is 1.33. The molecular formula is C19H16ClN3O4S. The van der Waals surface area contributed by atoms with Crippen molar-refractivity contribution in [3.63, 3.8) is 0 Å². The van der Waals surface area contributed by atoms with Crippen LogP contribution in [0.1, 0.15) is 26.5 Å². The number of nitrogens with one attached hydrogen (secondary N) is 1. The third-order valence-corrected chi connectivity index (χ3v) is 5.50. The Morgan fingerprint density at radius 3 is 2.75 bits per heavy atom. The van der Waals surface area contributed by atoms with Crippen molar-refractivity contribution in [3.8, 4) is 5.75 Å². The van der Waals surface area contributed by atoms with Crippen molar-refractivity contribution in [2.24, 2.45) is 0 Å². The molecule has 0 fully saturated rings. The highest BCUT2D eigenvalue weighted by Crippen LogP contribution is 2.30. The molecule has 0 spiro atoms. The van der Waals surface area contributed by atoms with Gasteiger partial charge in [0.25, 0.3) is 5.91 Å². The quantitative estimate of drug-likeness (QED) is 0.456. The summed E-state index contributed by atoms with van der Waals surface area (Å²) >= 11 is 7.56. The molecule has 0 unspecified atom stereocenters. The van der Waals surface area contributed by atoms with Crippen molar-refractivity contribution in [1.29, 1.82) is 0 Å². The van der Waals surface area contributed by atoms with E-state index >= 15 is 0 Å². The van der Waals surface area contributed by atoms with Gasteiger partial charge in [0.1, 0.15) is 0 Å². The lowest BCUT2D eigenvalue weighted by Crippen LogP contribution is -2.12. The highest BCUT2D eigenvalue weighted by Gasteiger charge is 2.19. The van der Waals surface area contributed by atoms with E-state index in [-0.39, 0.29) is 17.0 Å². The zero-order valence-electron chi connectivity index (χ0n) is 15.1. The van der Waals surface area contributed by atoms with Crippen LogP contribution in [0, 0.1) is 17.0 Å². The van der Waals surface area contributed by atoms with Crippen LogP contribution in [0.5, 0.6) is 5.75 Å². The molecule has 28 heavy (non-hydrogen) atoms. The van der Waals surface area contributed by atoms with Crippen molar-refractivity contribution >= 4 is 39.7 Å². The van der Waals surface area contributed by atoms with Gasteiger partial charge in [-0.25, -0.2) is 4.98 Å². The van der Waals surface area contributed by atoms with E-state index in [9.17, 15) is 14.9 Å². The van der Waals surface area contributed by atoms with E-state index in [4.69, 9.17) is 16.3 Å². The molecule has 0 saturated heterocycles. The smallest absolute Gasteiger partial charge is 0.311 e. The lowest BCUT2D eigenvalue weighted by Gasteiger charge is -2.05. The maximum absolute atomic E-state index is 12.5. The fourth-order valence-corrected chi connectivity index (χ4v) is 3.79. The number of benzene rings is 2. The van der Waals surface area contributed by atoms with Gasteiger partial charge in [0, 0.05) is 28.0 Å². The van der Waals surface area contributed by atoms with Crippen molar-refractivity contribution < 1.29 is 14.5 Å². The fraction of sp³-hybridized carbons (Fsp3) is 0.158. The molecule has 2 aromatic carbocycles. The maximum Gasteiger partial charge on any atom is 0.311 e. The number of hydrogen-bond donors (Lipinski definition) is 1. The number of amides is 1. The van der Waals surface area contributed by atoms with Crippen LogP contribution in [0.3, 0.4) is 0 Å². The Labute approximate surface area is 170 Å². The second-order valence-electron chi connectivity index (χ2n) is 5.89. The molecule has 0 atom stereocenters. The van der Waals surface area contributed by atoms with E-state index in [0.717, 1.165) is 16.1 Å². The van der Waals surface area contributed by atoms with Crippen LogP contribution in [0.15, 0.2) is 42.5 Å². The molecule has 9 heteroatoms. The molecule has 0 aliphatic carbocycles. The Morgan fingerprint density at radius 1 is 1.32 bits per heavy atom. The Kier molecular flexibility index (Phi) is 5.91. The van der Waals surface area contributed by atoms with Gasteiger partial charge in [-0.3, -0.25) is 20.2 Å². The van der Waals surface area contributed by atoms with Gasteiger partial charge >= 0.3 is 5.69 Å². The molecular weight excluding hydrogens is 402 g/mol. The largest absolute Gasteiger partial charge is 0.490 e. The van der Waals surface area contributed by atoms with E-state index < -0.39 is 10.8 Å². The number of carbonyl (C=O) groups is 1. The minimum absolute atomic E-state index is 0.0914. The number of halogens is 1. The number of aryl methyl sites for hydroxylation is 1. The van der Waals surface area contributed by atoms with Crippen LogP contribution >= 0.6 is 22.9 Å². The van der Waals surface area contributed by atoms with Crippen molar-refractivity contribution in [2.45, 2.75) is 13.3 Å². The van der Waals surface area contributed by atoms with Crippen LogP contribution in [0.25, 0.3) is 0 Å². The number of carbonyl (C=O) groups excluding carboxylic acids is 1. The lowest BCUT2D eigenvalue weighted by molar-refractivity contribution is -0.385. The maximum atomic E-state index is 12.5. The molecule has 0 aliphatic heterocycles. The number of nitro benzene ring substituents is 1. The Bertz CT molecular complexity index is 1050. The molecule has 1 aromatic heterocycles. The van der Waals surface area contributed by atoms with Crippen molar-refractivity contribution in [3.05, 3.63) is 79.3 Å². The number of thiazole rings is 1. The van der Waals surface area contributed by atoms with Crippen LogP contribution in [-0.4, -0.2) is 22.9 Å². The van der Waals surface area contributed by atoms with Crippen LogP contribution in [-0.2, 0) is 6.42 Å². The molecule has 0 aliphatic rings. The number of hydrogen-bond acceptors (Lipinski definition) is 6. The molecule has 1 N–H and O–H groups in total. The summed E-state index contributed by atoms with van der Waals surface area (Å²) in [6, 6.07) is 11.6. The van der Waals surface area contributed by atoms with Gasteiger partial charge in [0.2, 0.25) is 0 Å². The Balaban J connectivity index is 1.79. The molecule has 0 bridgehead atoms. The van der Waals surface area contributed by atoms with Crippen LogP contribution in [0.2, 0.25) is 5.02 Å². The molecule has 7 nitrogen and oxygen atoms in total. The average Bonchev–Trinajstić information content (AvgIpc) is 3.01. The summed E-state index contributed by atoms with van der Waals surface area (Å²) in [4.78, 5) is 28.4. The minimum atomic E-state index is -0.592. The van der Waals surface area contributed by atoms with Gasteiger partial charge < -0.3 is 4.74 Å². The number of anilines is 1. The molecule has 1 heterocycles.